The predicted octanol–water partition coefficient (Wildman–Crippen LogP) is 4.45. The van der Waals surface area contributed by atoms with Gasteiger partial charge in [-0.1, -0.05) is 23.7 Å². The lowest BCUT2D eigenvalue weighted by atomic mass is 9.81. The number of aliphatic hydroxyl groups is 1. The number of nitrogens with zero attached hydrogens (tertiary/aromatic N) is 3. The Labute approximate surface area is 210 Å². The number of aromatic amines is 1. The first-order valence-corrected chi connectivity index (χ1v) is 12.7. The zero-order valence-electron chi connectivity index (χ0n) is 18.8. The Balaban J connectivity index is 1.32. The van der Waals surface area contributed by atoms with E-state index in [-0.39, 0.29) is 18.3 Å². The summed E-state index contributed by atoms with van der Waals surface area (Å²) in [6.07, 6.45) is 5.78. The normalized spacial score (nSPS) is 18.0. The standard InChI is InChI=1S/C25H23ClFN5O2S/c26-17-10-29-23-16(22(17)20-11-30-24(35-20)25(34)4-1-5-25)9-19(31-23)14-2-3-15(18(27)8-14)12-32-7-6-28-21(33)13-32/h2-3,8-11,34H,1,4-7,12-13H2,(H,28,33)(H,29,31). The number of piperazine rings is 1. The van der Waals surface area contributed by atoms with Gasteiger partial charge in [-0.25, -0.2) is 14.4 Å². The van der Waals surface area contributed by atoms with Crippen molar-refractivity contribution in [3.63, 3.8) is 0 Å². The lowest BCUT2D eigenvalue weighted by Crippen LogP contribution is -2.47. The first-order valence-electron chi connectivity index (χ1n) is 11.5. The number of amides is 1. The lowest BCUT2D eigenvalue weighted by Gasteiger charge is -2.34. The number of halogens is 2. The fourth-order valence-electron chi connectivity index (χ4n) is 4.70. The number of nitrogens with one attached hydrogen (secondary N) is 2. The van der Waals surface area contributed by atoms with Crippen molar-refractivity contribution in [2.45, 2.75) is 31.4 Å². The van der Waals surface area contributed by atoms with Gasteiger partial charge in [-0.2, -0.15) is 0 Å². The highest BCUT2D eigenvalue weighted by Crippen LogP contribution is 2.46. The van der Waals surface area contributed by atoms with Gasteiger partial charge in [0.15, 0.2) is 0 Å². The van der Waals surface area contributed by atoms with Gasteiger partial charge in [0.2, 0.25) is 5.91 Å². The Bertz CT molecular complexity index is 1450. The predicted molar refractivity (Wildman–Crippen MR) is 134 cm³/mol. The summed E-state index contributed by atoms with van der Waals surface area (Å²) >= 11 is 8.00. The second kappa shape index (κ2) is 8.67. The van der Waals surface area contributed by atoms with E-state index in [0.717, 1.165) is 40.8 Å². The molecule has 7 nitrogen and oxygen atoms in total. The van der Waals surface area contributed by atoms with E-state index in [2.05, 4.69) is 20.3 Å². The van der Waals surface area contributed by atoms with Crippen molar-refractivity contribution in [2.24, 2.45) is 0 Å². The van der Waals surface area contributed by atoms with Crippen molar-refractivity contribution in [2.75, 3.05) is 19.6 Å². The first-order chi connectivity index (χ1) is 16.9. The number of hydrogen-bond acceptors (Lipinski definition) is 6. The fraction of sp³-hybridized carbons (Fsp3) is 0.320. The van der Waals surface area contributed by atoms with E-state index in [1.54, 1.807) is 18.5 Å². The monoisotopic (exact) mass is 511 g/mol. The molecule has 4 heterocycles. The van der Waals surface area contributed by atoms with Crippen molar-refractivity contribution in [3.05, 3.63) is 58.1 Å². The van der Waals surface area contributed by atoms with Crippen LogP contribution in [0, 0.1) is 5.82 Å². The maximum absolute atomic E-state index is 15.0. The van der Waals surface area contributed by atoms with Crippen molar-refractivity contribution in [1.29, 1.82) is 0 Å². The third-order valence-electron chi connectivity index (χ3n) is 6.82. The molecule has 10 heteroatoms. The molecule has 1 saturated carbocycles. The van der Waals surface area contributed by atoms with E-state index >= 15 is 0 Å². The number of hydrogen-bond donors (Lipinski definition) is 3. The molecule has 1 amide bonds. The second-order valence-corrected chi connectivity index (χ2v) is 10.6. The molecule has 1 saturated heterocycles. The van der Waals surface area contributed by atoms with Crippen molar-refractivity contribution >= 4 is 39.9 Å². The summed E-state index contributed by atoms with van der Waals surface area (Å²) in [6, 6.07) is 7.05. The van der Waals surface area contributed by atoms with Crippen LogP contribution in [0.1, 0.15) is 29.8 Å². The van der Waals surface area contributed by atoms with Gasteiger partial charge >= 0.3 is 0 Å². The van der Waals surface area contributed by atoms with Crippen LogP contribution in [-0.4, -0.2) is 50.5 Å². The maximum atomic E-state index is 15.0. The van der Waals surface area contributed by atoms with Crippen LogP contribution in [0.2, 0.25) is 5.02 Å². The van der Waals surface area contributed by atoms with Crippen LogP contribution >= 0.6 is 22.9 Å². The molecule has 6 rings (SSSR count). The molecule has 1 aliphatic heterocycles. The molecule has 2 fully saturated rings. The molecule has 4 aromatic rings. The highest BCUT2D eigenvalue weighted by molar-refractivity contribution is 7.15. The lowest BCUT2D eigenvalue weighted by molar-refractivity contribution is -0.124. The summed E-state index contributed by atoms with van der Waals surface area (Å²) < 4.78 is 15.0. The average Bonchev–Trinajstić information content (AvgIpc) is 3.47. The molecule has 180 valence electrons. The van der Waals surface area contributed by atoms with Crippen LogP contribution in [0.5, 0.6) is 0 Å². The molecule has 0 atom stereocenters. The van der Waals surface area contributed by atoms with E-state index in [9.17, 15) is 14.3 Å². The maximum Gasteiger partial charge on any atom is 0.234 e. The fourth-order valence-corrected chi connectivity index (χ4v) is 6.14. The molecular formula is C25H23ClFN5O2S. The van der Waals surface area contributed by atoms with Gasteiger partial charge in [0.05, 0.1) is 16.4 Å². The van der Waals surface area contributed by atoms with Gasteiger partial charge in [-0.15, -0.1) is 11.3 Å². The Morgan fingerprint density at radius 2 is 2.09 bits per heavy atom. The van der Waals surface area contributed by atoms with E-state index in [1.165, 1.54) is 17.4 Å². The molecule has 2 aliphatic rings. The third kappa shape index (κ3) is 4.12. The zero-order chi connectivity index (χ0) is 24.2. The largest absolute Gasteiger partial charge is 0.383 e. The van der Waals surface area contributed by atoms with E-state index in [4.69, 9.17) is 11.6 Å². The van der Waals surface area contributed by atoms with Crippen LogP contribution < -0.4 is 5.32 Å². The highest BCUT2D eigenvalue weighted by Gasteiger charge is 2.39. The number of benzene rings is 1. The summed E-state index contributed by atoms with van der Waals surface area (Å²) in [5.74, 6) is -0.359. The Kier molecular flexibility index (Phi) is 5.60. The number of carbonyl (C=O) groups excluding carboxylic acids is 1. The molecule has 0 bridgehead atoms. The molecule has 3 N–H and O–H groups in total. The van der Waals surface area contributed by atoms with Crippen molar-refractivity contribution in [3.8, 4) is 21.7 Å². The van der Waals surface area contributed by atoms with Crippen LogP contribution in [0.3, 0.4) is 0 Å². The van der Waals surface area contributed by atoms with Crippen LogP contribution in [0.25, 0.3) is 32.7 Å². The van der Waals surface area contributed by atoms with Crippen molar-refractivity contribution < 1.29 is 14.3 Å². The van der Waals surface area contributed by atoms with Gasteiger partial charge < -0.3 is 15.4 Å². The molecule has 35 heavy (non-hydrogen) atoms. The van der Waals surface area contributed by atoms with Gasteiger partial charge in [-0.05, 0) is 31.4 Å². The molecular weight excluding hydrogens is 489 g/mol. The van der Waals surface area contributed by atoms with Crippen LogP contribution in [0.4, 0.5) is 4.39 Å². The number of fused-ring (bicyclic) bond motifs is 1. The summed E-state index contributed by atoms with van der Waals surface area (Å²) in [6.45, 7) is 1.93. The number of thiazole rings is 1. The first kappa shape index (κ1) is 22.6. The SMILES string of the molecule is O=C1CN(Cc2ccc(-c3cc4c(-c5cnc(C6(O)CCC6)s5)c(Cl)cnc4[nH]3)cc2F)CCN1. The van der Waals surface area contributed by atoms with Gasteiger partial charge in [0.1, 0.15) is 22.1 Å². The molecule has 1 aliphatic carbocycles. The minimum Gasteiger partial charge on any atom is -0.383 e. The Hall–Kier alpha value is -2.85. The van der Waals surface area contributed by atoms with Gasteiger partial charge in [0.25, 0.3) is 0 Å². The number of pyridine rings is 1. The highest BCUT2D eigenvalue weighted by atomic mass is 35.5. The zero-order valence-corrected chi connectivity index (χ0v) is 20.3. The summed E-state index contributed by atoms with van der Waals surface area (Å²) in [7, 11) is 0. The van der Waals surface area contributed by atoms with Crippen LogP contribution in [-0.2, 0) is 16.9 Å². The van der Waals surface area contributed by atoms with E-state index in [1.807, 2.05) is 17.0 Å². The number of rotatable bonds is 5. The minimum absolute atomic E-state index is 0.0387. The Morgan fingerprint density at radius 1 is 1.23 bits per heavy atom. The molecule has 0 radical (unpaired) electrons. The number of aromatic nitrogens is 3. The number of H-pyrrole nitrogens is 1. The summed E-state index contributed by atoms with van der Waals surface area (Å²) in [5.41, 5.74) is 2.57. The molecule has 0 spiro atoms. The summed E-state index contributed by atoms with van der Waals surface area (Å²) in [4.78, 5) is 26.6. The quantitative estimate of drug-likeness (QED) is 0.368. The van der Waals surface area contributed by atoms with E-state index in [0.29, 0.717) is 46.4 Å². The topological polar surface area (TPSA) is 94.1 Å². The minimum atomic E-state index is -0.831. The van der Waals surface area contributed by atoms with Gasteiger partial charge in [0, 0.05) is 59.8 Å². The summed E-state index contributed by atoms with van der Waals surface area (Å²) in [5, 5.41) is 15.5. The molecule has 3 aromatic heterocycles. The average molecular weight is 512 g/mol. The van der Waals surface area contributed by atoms with Gasteiger partial charge in [-0.3, -0.25) is 9.69 Å². The smallest absolute Gasteiger partial charge is 0.234 e. The van der Waals surface area contributed by atoms with E-state index < -0.39 is 5.60 Å². The van der Waals surface area contributed by atoms with Crippen LogP contribution in [0.15, 0.2) is 36.7 Å². The second-order valence-electron chi connectivity index (χ2n) is 9.21. The molecule has 0 unspecified atom stereocenters. The third-order valence-corrected chi connectivity index (χ3v) is 8.31. The molecule has 1 aromatic carbocycles. The number of carbonyl (C=O) groups is 1. The van der Waals surface area contributed by atoms with Crippen molar-refractivity contribution in [1.82, 2.24) is 25.2 Å². The Morgan fingerprint density at radius 3 is 2.83 bits per heavy atom.